The topological polar surface area (TPSA) is 81.5 Å². The highest BCUT2D eigenvalue weighted by molar-refractivity contribution is 7.92. The Morgan fingerprint density at radius 1 is 1.21 bits per heavy atom. The molecular formula is C24H25ClFN3O4S. The third-order valence-corrected chi connectivity index (χ3v) is 8.62. The van der Waals surface area contributed by atoms with Gasteiger partial charge in [-0.15, -0.1) is 0 Å². The van der Waals surface area contributed by atoms with E-state index in [0.29, 0.717) is 12.4 Å². The maximum Gasteiger partial charge on any atom is 0.328 e. The number of aryl methyl sites for hydroxylation is 3. The fourth-order valence-corrected chi connectivity index (χ4v) is 6.56. The number of methoxy groups -OCH3 is 1. The van der Waals surface area contributed by atoms with Crippen molar-refractivity contribution in [3.63, 3.8) is 0 Å². The number of nitrogens with zero attached hydrogens (tertiary/aromatic N) is 3. The Kier molecular flexibility index (Phi) is 6.95. The van der Waals surface area contributed by atoms with Crippen molar-refractivity contribution in [1.29, 1.82) is 0 Å². The van der Waals surface area contributed by atoms with Crippen LogP contribution in [0.15, 0.2) is 59.5 Å². The molecule has 0 spiro atoms. The van der Waals surface area contributed by atoms with Gasteiger partial charge in [0.15, 0.2) is 9.84 Å². The summed E-state index contributed by atoms with van der Waals surface area (Å²) in [7, 11) is -2.67. The first-order valence-corrected chi connectivity index (χ1v) is 12.7. The van der Waals surface area contributed by atoms with Crippen molar-refractivity contribution in [2.45, 2.75) is 42.5 Å². The van der Waals surface area contributed by atoms with Crippen molar-refractivity contribution in [2.75, 3.05) is 18.6 Å². The van der Waals surface area contributed by atoms with E-state index in [1.807, 2.05) is 43.3 Å². The Bertz CT molecular complexity index is 1300. The first kappa shape index (κ1) is 24.2. The predicted molar refractivity (Wildman–Crippen MR) is 127 cm³/mol. The number of anilines is 1. The summed E-state index contributed by atoms with van der Waals surface area (Å²) in [6, 6.07) is 14.2. The second-order valence-electron chi connectivity index (χ2n) is 8.27. The molecule has 0 N–H and O–H groups in total. The molecule has 1 aliphatic rings. The number of rotatable bonds is 7. The van der Waals surface area contributed by atoms with Gasteiger partial charge < -0.3 is 9.64 Å². The van der Waals surface area contributed by atoms with E-state index in [9.17, 15) is 17.6 Å². The molecule has 2 aromatic carbocycles. The van der Waals surface area contributed by atoms with Crippen LogP contribution in [-0.2, 0) is 32.3 Å². The summed E-state index contributed by atoms with van der Waals surface area (Å²) in [4.78, 5) is 14.2. The molecule has 7 nitrogen and oxygen atoms in total. The summed E-state index contributed by atoms with van der Waals surface area (Å²) in [5, 5.41) is 3.45. The van der Waals surface area contributed by atoms with Gasteiger partial charge in [-0.05, 0) is 43.5 Å². The quantitative estimate of drug-likeness (QED) is 0.358. The number of hydrogen-bond acceptors (Lipinski definition) is 6. The van der Waals surface area contributed by atoms with Crippen LogP contribution in [-0.4, -0.2) is 49.1 Å². The van der Waals surface area contributed by atoms with E-state index in [1.54, 1.807) is 9.58 Å². The van der Waals surface area contributed by atoms with Gasteiger partial charge in [0.25, 0.3) is 0 Å². The van der Waals surface area contributed by atoms with Gasteiger partial charge in [-0.3, -0.25) is 0 Å². The zero-order valence-electron chi connectivity index (χ0n) is 18.8. The highest BCUT2D eigenvalue weighted by Crippen LogP contribution is 2.35. The first-order valence-electron chi connectivity index (χ1n) is 10.8. The standard InChI is InChI=1S/C24H25ClFN3O4S/c1-16-12-23(29(27-16)11-10-17-6-4-3-5-7-17)28-15-19(14-21(28)24(30)33-2)34(31,32)22-9-8-18(26)13-20(22)25/h3-9,12-13,19,21H,10-11,14-15H2,1-2H3/t19-,21+/m1/s1. The molecule has 3 aromatic rings. The van der Waals surface area contributed by atoms with Crippen LogP contribution in [0.1, 0.15) is 17.7 Å². The molecule has 0 aliphatic carbocycles. The summed E-state index contributed by atoms with van der Waals surface area (Å²) in [6.07, 6.45) is 0.740. The molecule has 0 saturated carbocycles. The number of carbonyl (C=O) groups is 1. The Labute approximate surface area is 203 Å². The normalized spacial score (nSPS) is 18.3. The van der Waals surface area contributed by atoms with Gasteiger partial charge in [0, 0.05) is 19.2 Å². The number of aromatic nitrogens is 2. The van der Waals surface area contributed by atoms with Crippen LogP contribution in [0.25, 0.3) is 0 Å². The monoisotopic (exact) mass is 505 g/mol. The second-order valence-corrected chi connectivity index (χ2v) is 10.9. The number of sulfone groups is 1. The van der Waals surface area contributed by atoms with Crippen LogP contribution in [0.5, 0.6) is 0 Å². The van der Waals surface area contributed by atoms with Crippen molar-refractivity contribution in [3.8, 4) is 0 Å². The van der Waals surface area contributed by atoms with Crippen LogP contribution in [0, 0.1) is 12.7 Å². The Morgan fingerprint density at radius 3 is 2.62 bits per heavy atom. The van der Waals surface area contributed by atoms with E-state index in [-0.39, 0.29) is 22.9 Å². The lowest BCUT2D eigenvalue weighted by Gasteiger charge is -2.25. The fourth-order valence-electron chi connectivity index (χ4n) is 4.33. The predicted octanol–water partition coefficient (Wildman–Crippen LogP) is 3.82. The summed E-state index contributed by atoms with van der Waals surface area (Å²) in [5.41, 5.74) is 1.89. The summed E-state index contributed by atoms with van der Waals surface area (Å²) < 4.78 is 47.1. The molecule has 2 atom stereocenters. The number of esters is 1. The molecule has 0 radical (unpaired) electrons. The van der Waals surface area contributed by atoms with Crippen molar-refractivity contribution in [1.82, 2.24) is 9.78 Å². The van der Waals surface area contributed by atoms with E-state index in [2.05, 4.69) is 5.10 Å². The van der Waals surface area contributed by atoms with E-state index in [4.69, 9.17) is 16.3 Å². The van der Waals surface area contributed by atoms with Crippen LogP contribution in [0.3, 0.4) is 0 Å². The van der Waals surface area contributed by atoms with Gasteiger partial charge in [0.2, 0.25) is 0 Å². The molecule has 2 heterocycles. The third kappa shape index (κ3) is 4.81. The second kappa shape index (κ2) is 9.76. The molecular weight excluding hydrogens is 481 g/mol. The van der Waals surface area contributed by atoms with Gasteiger partial charge in [0.1, 0.15) is 17.7 Å². The smallest absolute Gasteiger partial charge is 0.328 e. The lowest BCUT2D eigenvalue weighted by atomic mass is 10.1. The van der Waals surface area contributed by atoms with E-state index in [1.165, 1.54) is 7.11 Å². The average molecular weight is 506 g/mol. The Hall–Kier alpha value is -2.91. The van der Waals surface area contributed by atoms with Gasteiger partial charge in [-0.25, -0.2) is 22.3 Å². The molecule has 0 amide bonds. The molecule has 1 fully saturated rings. The van der Waals surface area contributed by atoms with Crippen molar-refractivity contribution in [2.24, 2.45) is 0 Å². The molecule has 1 saturated heterocycles. The lowest BCUT2D eigenvalue weighted by Crippen LogP contribution is -2.38. The minimum absolute atomic E-state index is 0.0195. The van der Waals surface area contributed by atoms with Crippen LogP contribution in [0.2, 0.25) is 5.02 Å². The zero-order chi connectivity index (χ0) is 24.5. The van der Waals surface area contributed by atoms with Gasteiger partial charge in [-0.2, -0.15) is 5.10 Å². The fraction of sp³-hybridized carbons (Fsp3) is 0.333. The largest absolute Gasteiger partial charge is 0.467 e. The number of halogens is 2. The molecule has 10 heteroatoms. The Balaban J connectivity index is 1.65. The number of hydrogen-bond donors (Lipinski definition) is 0. The van der Waals surface area contributed by atoms with E-state index in [0.717, 1.165) is 35.9 Å². The molecule has 34 heavy (non-hydrogen) atoms. The SMILES string of the molecule is COC(=O)[C@@H]1C[C@@H](S(=O)(=O)c2ccc(F)cc2Cl)CN1c1cc(C)nn1CCc1ccccc1. The van der Waals surface area contributed by atoms with Crippen molar-refractivity contribution in [3.05, 3.63) is 76.7 Å². The summed E-state index contributed by atoms with van der Waals surface area (Å²) in [5.74, 6) is -0.509. The third-order valence-electron chi connectivity index (χ3n) is 6.01. The highest BCUT2D eigenvalue weighted by atomic mass is 35.5. The van der Waals surface area contributed by atoms with Crippen LogP contribution >= 0.6 is 11.6 Å². The maximum atomic E-state index is 13.5. The molecule has 1 aliphatic heterocycles. The Morgan fingerprint density at radius 2 is 1.94 bits per heavy atom. The van der Waals surface area contributed by atoms with E-state index < -0.39 is 32.9 Å². The van der Waals surface area contributed by atoms with Crippen molar-refractivity contribution >= 4 is 33.2 Å². The minimum Gasteiger partial charge on any atom is -0.467 e. The van der Waals surface area contributed by atoms with Gasteiger partial charge in [0.05, 0.1) is 28.0 Å². The summed E-state index contributed by atoms with van der Waals surface area (Å²) in [6.45, 7) is 2.45. The number of carbonyl (C=O) groups excluding carboxylic acids is 1. The zero-order valence-corrected chi connectivity index (χ0v) is 20.4. The van der Waals surface area contributed by atoms with Crippen molar-refractivity contribution < 1.29 is 22.3 Å². The van der Waals surface area contributed by atoms with Gasteiger partial charge in [-0.1, -0.05) is 41.9 Å². The number of ether oxygens (including phenoxy) is 1. The van der Waals surface area contributed by atoms with Crippen LogP contribution in [0.4, 0.5) is 10.2 Å². The molecule has 1 aromatic heterocycles. The van der Waals surface area contributed by atoms with E-state index >= 15 is 0 Å². The van der Waals surface area contributed by atoms with Gasteiger partial charge >= 0.3 is 5.97 Å². The molecule has 0 bridgehead atoms. The molecule has 4 rings (SSSR count). The average Bonchev–Trinajstić information content (AvgIpc) is 3.41. The molecule has 180 valence electrons. The first-order chi connectivity index (χ1) is 16.2. The highest BCUT2D eigenvalue weighted by Gasteiger charge is 2.45. The van der Waals surface area contributed by atoms with Crippen LogP contribution < -0.4 is 4.90 Å². The summed E-state index contributed by atoms with van der Waals surface area (Å²) >= 11 is 6.06. The minimum atomic E-state index is -3.94. The molecule has 0 unspecified atom stereocenters. The maximum absolute atomic E-state index is 13.5. The lowest BCUT2D eigenvalue weighted by molar-refractivity contribution is -0.141. The number of benzene rings is 2.